The van der Waals surface area contributed by atoms with Crippen LogP contribution in [-0.2, 0) is 0 Å². The number of thioether (sulfide) groups is 2. The fourth-order valence-electron chi connectivity index (χ4n) is 1.70. The zero-order valence-electron chi connectivity index (χ0n) is 6.69. The number of aromatic amines is 1. The predicted molar refractivity (Wildman–Crippen MR) is 56.2 cm³/mol. The van der Waals surface area contributed by atoms with E-state index >= 15 is 0 Å². The van der Waals surface area contributed by atoms with Crippen molar-refractivity contribution < 1.29 is 0 Å². The van der Waals surface area contributed by atoms with E-state index in [1.54, 1.807) is 18.0 Å². The molecule has 3 rings (SSSR count). The van der Waals surface area contributed by atoms with Crippen molar-refractivity contribution >= 4 is 23.5 Å². The molecule has 2 nitrogen and oxygen atoms in total. The molecule has 66 valence electrons. The number of pyridine rings is 1. The number of hydrogen-bond acceptors (Lipinski definition) is 3. The summed E-state index contributed by atoms with van der Waals surface area (Å²) in [4.78, 5) is 15.1. The van der Waals surface area contributed by atoms with Gasteiger partial charge in [0, 0.05) is 11.4 Å². The van der Waals surface area contributed by atoms with Crippen molar-refractivity contribution in [3.05, 3.63) is 39.7 Å². The maximum Gasteiger partial charge on any atom is 0.261 e. The largest absolute Gasteiger partial charge is 0.328 e. The summed E-state index contributed by atoms with van der Waals surface area (Å²) in [6, 6.07) is 2.02. The molecule has 0 fully saturated rings. The number of H-pyrrole nitrogens is 1. The van der Waals surface area contributed by atoms with Gasteiger partial charge < -0.3 is 4.98 Å². The van der Waals surface area contributed by atoms with Crippen molar-refractivity contribution in [3.63, 3.8) is 0 Å². The van der Waals surface area contributed by atoms with Crippen LogP contribution in [0.15, 0.2) is 33.4 Å². The van der Waals surface area contributed by atoms with Crippen molar-refractivity contribution in [2.75, 3.05) is 0 Å². The topological polar surface area (TPSA) is 32.9 Å². The Balaban J connectivity index is 2.20. The van der Waals surface area contributed by atoms with Gasteiger partial charge in [-0.2, -0.15) is 0 Å². The highest BCUT2D eigenvalue weighted by Crippen LogP contribution is 2.53. The molecule has 0 aromatic carbocycles. The van der Waals surface area contributed by atoms with Gasteiger partial charge in [-0.25, -0.2) is 0 Å². The average molecular weight is 209 g/mol. The summed E-state index contributed by atoms with van der Waals surface area (Å²) in [6.07, 6.45) is 3.92. The highest BCUT2D eigenvalue weighted by molar-refractivity contribution is 8.06. The summed E-state index contributed by atoms with van der Waals surface area (Å²) in [5.74, 6) is 0. The zero-order valence-corrected chi connectivity index (χ0v) is 8.32. The molecule has 4 heteroatoms. The quantitative estimate of drug-likeness (QED) is 0.710. The summed E-state index contributed by atoms with van der Waals surface area (Å²) < 4.78 is 0. The molecule has 0 radical (unpaired) electrons. The minimum atomic E-state index is 0.0610. The molecular formula is C9H7NOS2. The summed E-state index contributed by atoms with van der Waals surface area (Å²) in [6.45, 7) is 0. The minimum absolute atomic E-state index is 0.0610. The molecule has 2 aliphatic rings. The van der Waals surface area contributed by atoms with Gasteiger partial charge in [0.15, 0.2) is 0 Å². The SMILES string of the molecule is O=c1[nH]ccc2c1SC1C=CSC21. The molecule has 0 bridgehead atoms. The van der Waals surface area contributed by atoms with Crippen LogP contribution in [0.5, 0.6) is 0 Å². The van der Waals surface area contributed by atoms with Crippen molar-refractivity contribution in [2.45, 2.75) is 15.4 Å². The first-order chi connectivity index (χ1) is 6.36. The molecule has 0 aliphatic carbocycles. The molecule has 0 saturated heterocycles. The van der Waals surface area contributed by atoms with Crippen molar-refractivity contribution in [1.82, 2.24) is 4.98 Å². The number of fused-ring (bicyclic) bond motifs is 3. The van der Waals surface area contributed by atoms with Gasteiger partial charge in [-0.1, -0.05) is 6.08 Å². The molecular weight excluding hydrogens is 202 g/mol. The highest BCUT2D eigenvalue weighted by Gasteiger charge is 2.35. The summed E-state index contributed by atoms with van der Waals surface area (Å²) in [7, 11) is 0. The number of rotatable bonds is 0. The lowest BCUT2D eigenvalue weighted by Gasteiger charge is -2.05. The molecule has 1 N–H and O–H groups in total. The average Bonchev–Trinajstić information content (AvgIpc) is 2.65. The Labute approximate surface area is 83.8 Å². The van der Waals surface area contributed by atoms with E-state index in [9.17, 15) is 4.79 Å². The van der Waals surface area contributed by atoms with Crippen LogP contribution in [0, 0.1) is 0 Å². The van der Waals surface area contributed by atoms with E-state index in [4.69, 9.17) is 0 Å². The molecule has 1 aromatic rings. The summed E-state index contributed by atoms with van der Waals surface area (Å²) >= 11 is 3.49. The first kappa shape index (κ1) is 7.76. The molecule has 13 heavy (non-hydrogen) atoms. The van der Waals surface area contributed by atoms with Crippen molar-refractivity contribution in [2.24, 2.45) is 0 Å². The number of aromatic nitrogens is 1. The molecule has 0 saturated carbocycles. The van der Waals surface area contributed by atoms with Gasteiger partial charge in [0.05, 0.1) is 10.1 Å². The Hall–Kier alpha value is -0.610. The second kappa shape index (κ2) is 2.69. The van der Waals surface area contributed by atoms with Gasteiger partial charge in [0.1, 0.15) is 0 Å². The number of hydrogen-bond donors (Lipinski definition) is 1. The van der Waals surface area contributed by atoms with Crippen LogP contribution in [0.4, 0.5) is 0 Å². The van der Waals surface area contributed by atoms with Crippen LogP contribution in [-0.4, -0.2) is 10.2 Å². The van der Waals surface area contributed by atoms with Crippen LogP contribution < -0.4 is 5.56 Å². The molecule has 2 unspecified atom stereocenters. The molecule has 1 aromatic heterocycles. The summed E-state index contributed by atoms with van der Waals surface area (Å²) in [5, 5.41) is 3.08. The molecule has 2 aliphatic heterocycles. The van der Waals surface area contributed by atoms with E-state index in [2.05, 4.69) is 16.5 Å². The van der Waals surface area contributed by atoms with E-state index in [1.165, 1.54) is 5.56 Å². The van der Waals surface area contributed by atoms with Gasteiger partial charge >= 0.3 is 0 Å². The van der Waals surface area contributed by atoms with Crippen molar-refractivity contribution in [1.29, 1.82) is 0 Å². The fraction of sp³-hybridized carbons (Fsp3) is 0.222. The van der Waals surface area contributed by atoms with Crippen LogP contribution >= 0.6 is 23.5 Å². The van der Waals surface area contributed by atoms with E-state index in [0.29, 0.717) is 10.5 Å². The Morgan fingerprint density at radius 3 is 3.31 bits per heavy atom. The lowest BCUT2D eigenvalue weighted by atomic mass is 10.1. The van der Waals surface area contributed by atoms with E-state index < -0.39 is 0 Å². The van der Waals surface area contributed by atoms with Gasteiger partial charge in [0.25, 0.3) is 5.56 Å². The summed E-state index contributed by atoms with van der Waals surface area (Å²) in [5.41, 5.74) is 1.26. The lowest BCUT2D eigenvalue weighted by Crippen LogP contribution is -2.07. The third-order valence-electron chi connectivity index (χ3n) is 2.30. The van der Waals surface area contributed by atoms with Crippen molar-refractivity contribution in [3.8, 4) is 0 Å². The fourth-order valence-corrected chi connectivity index (χ4v) is 4.45. The normalized spacial score (nSPS) is 28.9. The van der Waals surface area contributed by atoms with Gasteiger partial charge in [0.2, 0.25) is 0 Å². The van der Waals surface area contributed by atoms with E-state index in [-0.39, 0.29) is 5.56 Å². The smallest absolute Gasteiger partial charge is 0.261 e. The first-order valence-electron chi connectivity index (χ1n) is 4.06. The number of nitrogens with one attached hydrogen (secondary N) is 1. The second-order valence-corrected chi connectivity index (χ2v) is 5.30. The highest BCUT2D eigenvalue weighted by atomic mass is 32.2. The monoisotopic (exact) mass is 209 g/mol. The maximum absolute atomic E-state index is 11.4. The van der Waals surface area contributed by atoms with Crippen LogP contribution in [0.3, 0.4) is 0 Å². The Morgan fingerprint density at radius 2 is 2.38 bits per heavy atom. The lowest BCUT2D eigenvalue weighted by molar-refractivity contribution is 0.992. The molecule has 0 spiro atoms. The van der Waals surface area contributed by atoms with Crippen LogP contribution in [0.2, 0.25) is 0 Å². The second-order valence-electron chi connectivity index (χ2n) is 3.06. The Kier molecular flexibility index (Phi) is 1.60. The standard InChI is InChI=1S/C9H7NOS2/c11-9-8-5(1-3-10-9)7-6(13-8)2-4-12-7/h1-4,6-7H,(H,10,11). The van der Waals surface area contributed by atoms with Gasteiger partial charge in [-0.05, 0) is 17.0 Å². The van der Waals surface area contributed by atoms with Gasteiger partial charge in [-0.3, -0.25) is 4.79 Å². The molecule has 3 heterocycles. The van der Waals surface area contributed by atoms with Crippen LogP contribution in [0.25, 0.3) is 0 Å². The first-order valence-corrected chi connectivity index (χ1v) is 5.89. The molecule has 0 amide bonds. The third kappa shape index (κ3) is 1.02. The molecule has 2 atom stereocenters. The minimum Gasteiger partial charge on any atom is -0.328 e. The van der Waals surface area contributed by atoms with E-state index in [1.807, 2.05) is 17.8 Å². The zero-order chi connectivity index (χ0) is 8.84. The van der Waals surface area contributed by atoms with E-state index in [0.717, 1.165) is 4.90 Å². The van der Waals surface area contributed by atoms with Gasteiger partial charge in [-0.15, -0.1) is 23.5 Å². The Bertz CT molecular complexity index is 437. The van der Waals surface area contributed by atoms with Crippen LogP contribution in [0.1, 0.15) is 10.8 Å². The Morgan fingerprint density at radius 1 is 1.46 bits per heavy atom. The third-order valence-corrected chi connectivity index (χ3v) is 4.98. The maximum atomic E-state index is 11.4. The predicted octanol–water partition coefficient (Wildman–Crippen LogP) is 2.15.